The molecule has 0 aliphatic heterocycles. The number of rotatable bonds is 4. The monoisotopic (exact) mass is 393 g/mol. The summed E-state index contributed by atoms with van der Waals surface area (Å²) in [6, 6.07) is 4.88. The van der Waals surface area contributed by atoms with Crippen LogP contribution in [0.1, 0.15) is 5.82 Å². The van der Waals surface area contributed by atoms with Crippen molar-refractivity contribution in [3.05, 3.63) is 45.4 Å². The zero-order chi connectivity index (χ0) is 13.2. The Morgan fingerprint density at radius 2 is 2.11 bits per heavy atom. The average molecular weight is 395 g/mol. The molecule has 0 unspecified atom stereocenters. The number of nitrogens with one attached hydrogen (secondary N) is 2. The Bertz CT molecular complexity index is 641. The number of nitrogens with zero attached hydrogens (tertiary/aromatic N) is 1. The zero-order valence-electron chi connectivity index (χ0n) is 9.02. The van der Waals surface area contributed by atoms with Gasteiger partial charge in [0.15, 0.2) is 0 Å². The van der Waals surface area contributed by atoms with E-state index in [2.05, 4.69) is 46.5 Å². The smallest absolute Gasteiger partial charge is 0.242 e. The van der Waals surface area contributed by atoms with Crippen molar-refractivity contribution >= 4 is 41.9 Å². The van der Waals surface area contributed by atoms with E-state index in [-0.39, 0.29) is 11.4 Å². The van der Waals surface area contributed by atoms with Gasteiger partial charge < -0.3 is 4.98 Å². The molecule has 5 nitrogen and oxygen atoms in total. The van der Waals surface area contributed by atoms with E-state index in [9.17, 15) is 8.42 Å². The molecule has 0 atom stereocenters. The number of hydrogen-bond acceptors (Lipinski definition) is 3. The van der Waals surface area contributed by atoms with E-state index in [0.717, 1.165) is 4.47 Å². The molecule has 1 heterocycles. The highest BCUT2D eigenvalue weighted by Crippen LogP contribution is 2.25. The van der Waals surface area contributed by atoms with E-state index >= 15 is 0 Å². The number of H-pyrrole nitrogens is 1. The summed E-state index contributed by atoms with van der Waals surface area (Å²) in [6.07, 6.45) is 3.21. The number of hydrogen-bond donors (Lipinski definition) is 2. The lowest BCUT2D eigenvalue weighted by Crippen LogP contribution is -2.24. The minimum atomic E-state index is -3.56. The largest absolute Gasteiger partial charge is 0.347 e. The van der Waals surface area contributed by atoms with Crippen molar-refractivity contribution < 1.29 is 8.42 Å². The van der Waals surface area contributed by atoms with Gasteiger partial charge in [-0.2, -0.15) is 0 Å². The summed E-state index contributed by atoms with van der Waals surface area (Å²) in [5.74, 6) is 0.562. The quantitative estimate of drug-likeness (QED) is 0.836. The Morgan fingerprint density at radius 1 is 1.33 bits per heavy atom. The third-order valence-corrected chi connectivity index (χ3v) is 5.04. The Kier molecular flexibility index (Phi) is 4.21. The van der Waals surface area contributed by atoms with Gasteiger partial charge in [-0.3, -0.25) is 0 Å². The van der Waals surface area contributed by atoms with E-state index in [1.54, 1.807) is 24.5 Å². The SMILES string of the molecule is O=S(=O)(NCc1ncc[nH]1)c1ccc(Br)cc1Br. The first kappa shape index (κ1) is 13.7. The normalized spacial score (nSPS) is 11.7. The fourth-order valence-electron chi connectivity index (χ4n) is 1.33. The van der Waals surface area contributed by atoms with Gasteiger partial charge in [-0.05, 0) is 34.1 Å². The van der Waals surface area contributed by atoms with E-state index in [4.69, 9.17) is 0 Å². The van der Waals surface area contributed by atoms with Crippen molar-refractivity contribution in [2.75, 3.05) is 0 Å². The van der Waals surface area contributed by atoms with Gasteiger partial charge in [0.2, 0.25) is 10.0 Å². The van der Waals surface area contributed by atoms with Crippen LogP contribution in [0.4, 0.5) is 0 Å². The number of sulfonamides is 1. The van der Waals surface area contributed by atoms with E-state index < -0.39 is 10.0 Å². The first-order valence-corrected chi connectivity index (χ1v) is 7.99. The lowest BCUT2D eigenvalue weighted by Gasteiger charge is -2.07. The fraction of sp³-hybridized carbons (Fsp3) is 0.100. The summed E-state index contributed by atoms with van der Waals surface area (Å²) >= 11 is 6.50. The molecule has 0 saturated heterocycles. The van der Waals surface area contributed by atoms with Gasteiger partial charge in [0.05, 0.1) is 11.4 Å². The molecule has 2 N–H and O–H groups in total. The topological polar surface area (TPSA) is 74.8 Å². The molecule has 0 amide bonds. The van der Waals surface area contributed by atoms with Gasteiger partial charge in [-0.25, -0.2) is 18.1 Å². The summed E-state index contributed by atoms with van der Waals surface area (Å²) in [6.45, 7) is 0.123. The summed E-state index contributed by atoms with van der Waals surface area (Å²) in [7, 11) is -3.56. The van der Waals surface area contributed by atoms with Crippen LogP contribution in [0.15, 0.2) is 44.4 Å². The molecule has 1 aromatic carbocycles. The second-order valence-corrected chi connectivity index (χ2v) is 6.94. The van der Waals surface area contributed by atoms with Gasteiger partial charge >= 0.3 is 0 Å². The first-order valence-electron chi connectivity index (χ1n) is 4.92. The Labute approximate surface area is 121 Å². The average Bonchev–Trinajstić information content (AvgIpc) is 2.78. The predicted molar refractivity (Wildman–Crippen MR) is 74.5 cm³/mol. The number of aromatic amines is 1. The molecule has 18 heavy (non-hydrogen) atoms. The summed E-state index contributed by atoms with van der Waals surface area (Å²) in [5.41, 5.74) is 0. The number of imidazole rings is 1. The maximum absolute atomic E-state index is 12.1. The van der Waals surface area contributed by atoms with Crippen LogP contribution >= 0.6 is 31.9 Å². The standard InChI is InChI=1S/C10H9Br2N3O2S/c11-7-1-2-9(8(12)5-7)18(16,17)15-6-10-13-3-4-14-10/h1-5,15H,6H2,(H,13,14). The van der Waals surface area contributed by atoms with E-state index in [0.29, 0.717) is 10.3 Å². The Hall–Kier alpha value is -0.700. The molecule has 8 heteroatoms. The van der Waals surface area contributed by atoms with Gasteiger partial charge in [-0.1, -0.05) is 15.9 Å². The molecule has 0 fully saturated rings. The van der Waals surface area contributed by atoms with Crippen molar-refractivity contribution in [2.45, 2.75) is 11.4 Å². The zero-order valence-corrected chi connectivity index (χ0v) is 13.0. The fourth-order valence-corrected chi connectivity index (χ4v) is 4.06. The van der Waals surface area contributed by atoms with Crippen molar-refractivity contribution in [2.24, 2.45) is 0 Å². The third-order valence-electron chi connectivity index (χ3n) is 2.17. The molecule has 1 aromatic heterocycles. The van der Waals surface area contributed by atoms with Crippen molar-refractivity contribution in [3.8, 4) is 0 Å². The molecule has 2 aromatic rings. The van der Waals surface area contributed by atoms with Crippen LogP contribution in [0.5, 0.6) is 0 Å². The number of halogens is 2. The lowest BCUT2D eigenvalue weighted by atomic mass is 10.4. The van der Waals surface area contributed by atoms with Crippen LogP contribution in [0, 0.1) is 0 Å². The van der Waals surface area contributed by atoms with Crippen molar-refractivity contribution in [1.29, 1.82) is 0 Å². The molecule has 0 saturated carbocycles. The molecule has 2 rings (SSSR count). The summed E-state index contributed by atoms with van der Waals surface area (Å²) in [5, 5.41) is 0. The van der Waals surface area contributed by atoms with E-state index in [1.165, 1.54) is 6.07 Å². The Balaban J connectivity index is 2.20. The maximum atomic E-state index is 12.1. The molecule has 0 aliphatic rings. The highest BCUT2D eigenvalue weighted by molar-refractivity contribution is 9.11. The molecule has 0 bridgehead atoms. The minimum Gasteiger partial charge on any atom is -0.347 e. The van der Waals surface area contributed by atoms with Crippen molar-refractivity contribution in [1.82, 2.24) is 14.7 Å². The highest BCUT2D eigenvalue weighted by Gasteiger charge is 2.17. The summed E-state index contributed by atoms with van der Waals surface area (Å²) in [4.78, 5) is 6.97. The second-order valence-electron chi connectivity index (χ2n) is 3.44. The maximum Gasteiger partial charge on any atom is 0.242 e. The molecular weight excluding hydrogens is 386 g/mol. The predicted octanol–water partition coefficient (Wildman–Crippen LogP) is 2.41. The molecule has 0 radical (unpaired) electrons. The summed E-state index contributed by atoms with van der Waals surface area (Å²) < 4.78 is 27.9. The van der Waals surface area contributed by atoms with Crippen LogP contribution in [-0.4, -0.2) is 18.4 Å². The van der Waals surface area contributed by atoms with Crippen molar-refractivity contribution in [3.63, 3.8) is 0 Å². The lowest BCUT2D eigenvalue weighted by molar-refractivity contribution is 0.579. The molecule has 0 aliphatic carbocycles. The van der Waals surface area contributed by atoms with Gasteiger partial charge in [-0.15, -0.1) is 0 Å². The van der Waals surface area contributed by atoms with Gasteiger partial charge in [0.1, 0.15) is 5.82 Å². The highest BCUT2D eigenvalue weighted by atomic mass is 79.9. The van der Waals surface area contributed by atoms with E-state index in [1.807, 2.05) is 0 Å². The molecular formula is C10H9Br2N3O2S. The molecule has 96 valence electrons. The number of aromatic nitrogens is 2. The minimum absolute atomic E-state index is 0.123. The second kappa shape index (κ2) is 5.52. The molecule has 0 spiro atoms. The van der Waals surface area contributed by atoms with Crippen LogP contribution in [0.2, 0.25) is 0 Å². The van der Waals surface area contributed by atoms with Crippen LogP contribution in [0.3, 0.4) is 0 Å². The van der Waals surface area contributed by atoms with Crippen LogP contribution < -0.4 is 4.72 Å². The van der Waals surface area contributed by atoms with Crippen LogP contribution in [-0.2, 0) is 16.6 Å². The Morgan fingerprint density at radius 3 is 2.72 bits per heavy atom. The van der Waals surface area contributed by atoms with Gasteiger partial charge in [0, 0.05) is 21.3 Å². The number of benzene rings is 1. The third kappa shape index (κ3) is 3.19. The van der Waals surface area contributed by atoms with Gasteiger partial charge in [0.25, 0.3) is 0 Å². The van der Waals surface area contributed by atoms with Crippen LogP contribution in [0.25, 0.3) is 0 Å². The first-order chi connectivity index (χ1) is 8.49.